The number of likely N-dealkylation sites (N-methyl/N-ethyl adjacent to an activating group) is 1. The molecule has 14 heavy (non-hydrogen) atoms. The molecule has 0 aromatic carbocycles. The van der Waals surface area contributed by atoms with Gasteiger partial charge in [-0.25, -0.2) is 0 Å². The molecule has 0 radical (unpaired) electrons. The Morgan fingerprint density at radius 1 is 1.57 bits per heavy atom. The number of nitrogens with zero attached hydrogens (tertiary/aromatic N) is 1. The summed E-state index contributed by atoms with van der Waals surface area (Å²) in [5.74, 6) is 0. The maximum absolute atomic E-state index is 5.18. The van der Waals surface area contributed by atoms with Crippen molar-refractivity contribution in [3.8, 4) is 0 Å². The van der Waals surface area contributed by atoms with Crippen LogP contribution in [0.3, 0.4) is 0 Å². The summed E-state index contributed by atoms with van der Waals surface area (Å²) in [6, 6.07) is 1.15. The molecule has 1 fully saturated rings. The van der Waals surface area contributed by atoms with E-state index < -0.39 is 0 Å². The second kappa shape index (κ2) is 5.95. The van der Waals surface area contributed by atoms with Crippen molar-refractivity contribution in [2.24, 2.45) is 0 Å². The number of hydrogen-bond acceptors (Lipinski definition) is 4. The molecule has 4 heteroatoms. The van der Waals surface area contributed by atoms with Crippen molar-refractivity contribution < 1.29 is 4.74 Å². The van der Waals surface area contributed by atoms with E-state index in [0.29, 0.717) is 12.1 Å². The Kier molecular flexibility index (Phi) is 5.23. The highest BCUT2D eigenvalue weighted by Crippen LogP contribution is 2.20. The molecular weight excluding hydrogens is 196 g/mol. The zero-order chi connectivity index (χ0) is 10.6. The number of ether oxygens (including phenoxy) is 1. The number of rotatable bonds is 5. The van der Waals surface area contributed by atoms with Crippen molar-refractivity contribution in [1.82, 2.24) is 10.2 Å². The molecule has 0 bridgehead atoms. The first-order chi connectivity index (χ1) is 6.70. The molecule has 3 atom stereocenters. The van der Waals surface area contributed by atoms with Crippen LogP contribution >= 0.6 is 11.8 Å². The van der Waals surface area contributed by atoms with Gasteiger partial charge in [0.25, 0.3) is 0 Å². The second-order valence-electron chi connectivity index (χ2n) is 3.97. The molecule has 0 aliphatic carbocycles. The summed E-state index contributed by atoms with van der Waals surface area (Å²) in [5, 5.41) is 4.17. The zero-order valence-corrected chi connectivity index (χ0v) is 10.4. The van der Waals surface area contributed by atoms with Crippen LogP contribution in [-0.2, 0) is 4.74 Å². The summed E-state index contributed by atoms with van der Waals surface area (Å²) < 4.78 is 5.18. The molecule has 3 nitrogen and oxygen atoms in total. The van der Waals surface area contributed by atoms with Crippen LogP contribution in [-0.4, -0.2) is 62.3 Å². The maximum atomic E-state index is 5.18. The van der Waals surface area contributed by atoms with E-state index in [2.05, 4.69) is 30.4 Å². The highest BCUT2D eigenvalue weighted by atomic mass is 32.2. The van der Waals surface area contributed by atoms with Crippen LogP contribution in [0.5, 0.6) is 0 Å². The van der Waals surface area contributed by atoms with Gasteiger partial charge in [-0.1, -0.05) is 0 Å². The van der Waals surface area contributed by atoms with Gasteiger partial charge >= 0.3 is 0 Å². The average molecular weight is 218 g/mol. The van der Waals surface area contributed by atoms with E-state index in [1.54, 1.807) is 7.11 Å². The minimum Gasteiger partial charge on any atom is -0.383 e. The molecular formula is C10H22N2OS. The van der Waals surface area contributed by atoms with Crippen molar-refractivity contribution in [3.05, 3.63) is 0 Å². The van der Waals surface area contributed by atoms with Crippen molar-refractivity contribution >= 4 is 11.8 Å². The second-order valence-corrected chi connectivity index (χ2v) is 5.05. The van der Waals surface area contributed by atoms with Gasteiger partial charge < -0.3 is 10.1 Å². The topological polar surface area (TPSA) is 24.5 Å². The summed E-state index contributed by atoms with van der Waals surface area (Å²) in [6.45, 7) is 5.28. The van der Waals surface area contributed by atoms with Gasteiger partial charge in [0.2, 0.25) is 0 Å². The minimum absolute atomic E-state index is 0.500. The Hall–Kier alpha value is 0.230. The number of nitrogens with one attached hydrogen (secondary N) is 1. The lowest BCUT2D eigenvalue weighted by atomic mass is 10.2. The fourth-order valence-corrected chi connectivity index (χ4v) is 2.86. The normalized spacial score (nSPS) is 29.8. The van der Waals surface area contributed by atoms with Crippen molar-refractivity contribution in [2.75, 3.05) is 40.1 Å². The molecule has 84 valence electrons. The molecule has 0 amide bonds. The predicted octanol–water partition coefficient (Wildman–Crippen LogP) is 0.657. The van der Waals surface area contributed by atoms with Crippen molar-refractivity contribution in [3.63, 3.8) is 0 Å². The lowest BCUT2D eigenvalue weighted by Crippen LogP contribution is -2.46. The number of methoxy groups -OCH3 is 1. The monoisotopic (exact) mass is 218 g/mol. The summed E-state index contributed by atoms with van der Waals surface area (Å²) in [4.78, 5) is 2.44. The van der Waals surface area contributed by atoms with Gasteiger partial charge in [-0.2, -0.15) is 11.8 Å². The molecule has 0 aromatic heterocycles. The molecule has 1 saturated heterocycles. The lowest BCUT2D eigenvalue weighted by Gasteiger charge is -2.32. The van der Waals surface area contributed by atoms with Gasteiger partial charge in [-0.15, -0.1) is 0 Å². The highest BCUT2D eigenvalue weighted by Gasteiger charge is 2.31. The van der Waals surface area contributed by atoms with Crippen molar-refractivity contribution in [1.29, 1.82) is 0 Å². The summed E-state index contributed by atoms with van der Waals surface area (Å²) in [7, 11) is 3.97. The Bertz CT molecular complexity index is 168. The van der Waals surface area contributed by atoms with E-state index in [1.807, 2.05) is 11.8 Å². The smallest absolute Gasteiger partial charge is 0.0615 e. The highest BCUT2D eigenvalue weighted by molar-refractivity contribution is 7.99. The van der Waals surface area contributed by atoms with E-state index in [4.69, 9.17) is 4.74 Å². The standard InChI is InChI=1S/C10H22N2OS/c1-8(7-13-3)12(2)9-5-11-6-10(9)14-4/h8-11H,5-7H2,1-4H3. The number of hydrogen-bond donors (Lipinski definition) is 1. The predicted molar refractivity (Wildman–Crippen MR) is 63.1 cm³/mol. The SMILES string of the molecule is COCC(C)N(C)C1CNCC1SC. The van der Waals surface area contributed by atoms with Crippen LogP contribution in [0.25, 0.3) is 0 Å². The molecule has 1 rings (SSSR count). The average Bonchev–Trinajstić information content (AvgIpc) is 2.64. The Morgan fingerprint density at radius 3 is 2.86 bits per heavy atom. The van der Waals surface area contributed by atoms with Gasteiger partial charge in [0.05, 0.1) is 6.61 Å². The minimum atomic E-state index is 0.500. The third kappa shape index (κ3) is 2.86. The molecule has 0 saturated carbocycles. The largest absolute Gasteiger partial charge is 0.383 e. The molecule has 1 aliphatic heterocycles. The van der Waals surface area contributed by atoms with Crippen LogP contribution in [0, 0.1) is 0 Å². The molecule has 1 N–H and O–H groups in total. The van der Waals surface area contributed by atoms with E-state index in [0.717, 1.165) is 24.9 Å². The number of thioether (sulfide) groups is 1. The van der Waals surface area contributed by atoms with Crippen LogP contribution < -0.4 is 5.32 Å². The lowest BCUT2D eigenvalue weighted by molar-refractivity contribution is 0.0954. The van der Waals surface area contributed by atoms with Crippen LogP contribution in [0.4, 0.5) is 0 Å². The van der Waals surface area contributed by atoms with Gasteiger partial charge in [0, 0.05) is 37.5 Å². The summed E-state index contributed by atoms with van der Waals surface area (Å²) >= 11 is 1.96. The van der Waals surface area contributed by atoms with Crippen molar-refractivity contribution in [2.45, 2.75) is 24.3 Å². The van der Waals surface area contributed by atoms with E-state index in [9.17, 15) is 0 Å². The fraction of sp³-hybridized carbons (Fsp3) is 1.00. The van der Waals surface area contributed by atoms with Gasteiger partial charge in [-0.05, 0) is 20.2 Å². The Balaban J connectivity index is 2.45. The molecule has 0 spiro atoms. The van der Waals surface area contributed by atoms with Crippen LogP contribution in [0.2, 0.25) is 0 Å². The zero-order valence-electron chi connectivity index (χ0n) is 9.62. The Morgan fingerprint density at radius 2 is 2.29 bits per heavy atom. The summed E-state index contributed by atoms with van der Waals surface area (Å²) in [6.07, 6.45) is 2.19. The first kappa shape index (κ1) is 12.3. The molecule has 0 aromatic rings. The van der Waals surface area contributed by atoms with Gasteiger partial charge in [0.15, 0.2) is 0 Å². The molecule has 1 aliphatic rings. The van der Waals surface area contributed by atoms with E-state index >= 15 is 0 Å². The van der Waals surface area contributed by atoms with Gasteiger partial charge in [-0.3, -0.25) is 4.90 Å². The quantitative estimate of drug-likeness (QED) is 0.732. The summed E-state index contributed by atoms with van der Waals surface area (Å²) in [5.41, 5.74) is 0. The Labute approximate surface area is 91.6 Å². The van der Waals surface area contributed by atoms with E-state index in [1.165, 1.54) is 0 Å². The first-order valence-corrected chi connectivity index (χ1v) is 6.43. The van der Waals surface area contributed by atoms with Crippen LogP contribution in [0.1, 0.15) is 6.92 Å². The van der Waals surface area contributed by atoms with E-state index in [-0.39, 0.29) is 0 Å². The molecule has 3 unspecified atom stereocenters. The third-order valence-electron chi connectivity index (χ3n) is 3.06. The molecule has 1 heterocycles. The maximum Gasteiger partial charge on any atom is 0.0615 e. The van der Waals surface area contributed by atoms with Crippen LogP contribution in [0.15, 0.2) is 0 Å². The third-order valence-corrected chi connectivity index (χ3v) is 4.14. The first-order valence-electron chi connectivity index (χ1n) is 5.15. The fourth-order valence-electron chi connectivity index (χ4n) is 1.97. The van der Waals surface area contributed by atoms with Gasteiger partial charge in [0.1, 0.15) is 0 Å².